The zero-order valence-electron chi connectivity index (χ0n) is 17.2. The van der Waals surface area contributed by atoms with E-state index in [1.54, 1.807) is 11.0 Å². The number of allylic oxidation sites excluding steroid dienone is 1. The quantitative estimate of drug-likeness (QED) is 0.535. The van der Waals surface area contributed by atoms with Crippen LogP contribution in [0.1, 0.15) is 70.3 Å². The van der Waals surface area contributed by atoms with Crippen molar-refractivity contribution in [3.05, 3.63) is 41.5 Å². The summed E-state index contributed by atoms with van der Waals surface area (Å²) < 4.78 is 10.8. The molecule has 1 amide bonds. The topological polar surface area (TPSA) is 55.6 Å². The first-order valence-corrected chi connectivity index (χ1v) is 9.44. The summed E-state index contributed by atoms with van der Waals surface area (Å²) in [5.41, 5.74) is 0.541. The number of esters is 1. The Kier molecular flexibility index (Phi) is 6.34. The highest BCUT2D eigenvalue weighted by Crippen LogP contribution is 2.25. The van der Waals surface area contributed by atoms with Crippen LogP contribution in [0.2, 0.25) is 0 Å². The molecule has 1 atom stereocenters. The van der Waals surface area contributed by atoms with Crippen LogP contribution < -0.4 is 0 Å². The lowest BCUT2D eigenvalue weighted by Gasteiger charge is -2.19. The minimum absolute atomic E-state index is 0.235. The summed E-state index contributed by atoms with van der Waals surface area (Å²) in [4.78, 5) is 25.8. The number of benzene rings is 1. The van der Waals surface area contributed by atoms with Gasteiger partial charge in [-0.25, -0.2) is 9.59 Å². The second-order valence-electron chi connectivity index (χ2n) is 8.89. The summed E-state index contributed by atoms with van der Waals surface area (Å²) in [7, 11) is 0. The van der Waals surface area contributed by atoms with Crippen LogP contribution in [0.25, 0.3) is 6.08 Å². The Labute approximate surface area is 162 Å². The molecule has 1 aromatic carbocycles. The molecule has 1 aliphatic heterocycles. The standard InChI is InChI=1S/C22H31NO4/c1-21(2,3)26-19(24)17-12-9-11-16(14-17)10-7-8-13-18-15-23(18)20(25)27-22(4,5)6/h7,9-12,14,18H,8,13,15H2,1-6H3/b10-7+/t18-,23?/m0/s1. The van der Waals surface area contributed by atoms with Crippen molar-refractivity contribution < 1.29 is 19.1 Å². The Morgan fingerprint density at radius 3 is 2.41 bits per heavy atom. The lowest BCUT2D eigenvalue weighted by atomic mass is 10.1. The molecule has 0 unspecified atom stereocenters. The van der Waals surface area contributed by atoms with E-state index in [9.17, 15) is 9.59 Å². The lowest BCUT2D eigenvalue weighted by Crippen LogP contribution is -2.27. The molecule has 1 fully saturated rings. The Hall–Kier alpha value is -2.30. The molecule has 1 saturated heterocycles. The molecule has 5 nitrogen and oxygen atoms in total. The van der Waals surface area contributed by atoms with E-state index in [-0.39, 0.29) is 18.1 Å². The van der Waals surface area contributed by atoms with E-state index in [0.717, 1.165) is 24.9 Å². The summed E-state index contributed by atoms with van der Waals surface area (Å²) in [6, 6.07) is 7.65. The van der Waals surface area contributed by atoms with Crippen molar-refractivity contribution in [3.63, 3.8) is 0 Å². The highest BCUT2D eigenvalue weighted by atomic mass is 16.6. The first-order valence-electron chi connectivity index (χ1n) is 9.44. The van der Waals surface area contributed by atoms with Crippen molar-refractivity contribution in [2.45, 2.75) is 71.6 Å². The van der Waals surface area contributed by atoms with Gasteiger partial charge in [0.15, 0.2) is 0 Å². The van der Waals surface area contributed by atoms with Gasteiger partial charge in [-0.15, -0.1) is 0 Å². The SMILES string of the molecule is CC(C)(C)OC(=O)c1cccc(/C=C/CC[C@H]2CN2C(=O)OC(C)(C)C)c1. The van der Waals surface area contributed by atoms with Crippen molar-refractivity contribution in [2.75, 3.05) is 6.54 Å². The largest absolute Gasteiger partial charge is 0.456 e. The van der Waals surface area contributed by atoms with E-state index in [1.807, 2.05) is 65.8 Å². The molecule has 0 spiro atoms. The highest BCUT2D eigenvalue weighted by molar-refractivity contribution is 5.90. The normalized spacial score (nSPS) is 17.1. The van der Waals surface area contributed by atoms with E-state index in [0.29, 0.717) is 5.56 Å². The summed E-state index contributed by atoms with van der Waals surface area (Å²) in [5.74, 6) is -0.316. The summed E-state index contributed by atoms with van der Waals surface area (Å²) in [6.07, 6.45) is 5.59. The van der Waals surface area contributed by atoms with Gasteiger partial charge in [-0.1, -0.05) is 24.3 Å². The zero-order chi connectivity index (χ0) is 20.2. The van der Waals surface area contributed by atoms with Crippen molar-refractivity contribution in [1.82, 2.24) is 4.90 Å². The van der Waals surface area contributed by atoms with E-state index in [1.165, 1.54) is 0 Å². The number of ether oxygens (including phenoxy) is 2. The average Bonchev–Trinajstić information content (AvgIpc) is 3.28. The van der Waals surface area contributed by atoms with Gasteiger partial charge in [0.25, 0.3) is 0 Å². The van der Waals surface area contributed by atoms with Gasteiger partial charge in [0.2, 0.25) is 0 Å². The van der Waals surface area contributed by atoms with Gasteiger partial charge in [-0.05, 0) is 72.1 Å². The molecule has 0 bridgehead atoms. The molecule has 0 aromatic heterocycles. The van der Waals surface area contributed by atoms with Gasteiger partial charge < -0.3 is 14.4 Å². The van der Waals surface area contributed by atoms with Crippen LogP contribution in [-0.4, -0.2) is 40.8 Å². The van der Waals surface area contributed by atoms with Gasteiger partial charge >= 0.3 is 12.1 Å². The van der Waals surface area contributed by atoms with Crippen LogP contribution in [0.15, 0.2) is 30.3 Å². The number of amides is 1. The Morgan fingerprint density at radius 1 is 1.11 bits per heavy atom. The van der Waals surface area contributed by atoms with E-state index in [2.05, 4.69) is 6.08 Å². The van der Waals surface area contributed by atoms with E-state index >= 15 is 0 Å². The average molecular weight is 373 g/mol. The second-order valence-corrected chi connectivity index (χ2v) is 8.89. The monoisotopic (exact) mass is 373 g/mol. The van der Waals surface area contributed by atoms with Crippen molar-refractivity contribution in [3.8, 4) is 0 Å². The van der Waals surface area contributed by atoms with Crippen LogP contribution in [-0.2, 0) is 9.47 Å². The van der Waals surface area contributed by atoms with Gasteiger partial charge in [-0.3, -0.25) is 0 Å². The molecule has 0 N–H and O–H groups in total. The van der Waals surface area contributed by atoms with E-state index in [4.69, 9.17) is 9.47 Å². The van der Waals surface area contributed by atoms with Crippen LogP contribution in [0.3, 0.4) is 0 Å². The van der Waals surface area contributed by atoms with Gasteiger partial charge in [0.05, 0.1) is 11.6 Å². The second kappa shape index (κ2) is 8.15. The third kappa shape index (κ3) is 7.45. The van der Waals surface area contributed by atoms with Crippen molar-refractivity contribution >= 4 is 18.1 Å². The number of rotatable bonds is 5. The summed E-state index contributed by atoms with van der Waals surface area (Å²) >= 11 is 0. The minimum atomic E-state index is -0.507. The number of carbonyl (C=O) groups excluding carboxylic acids is 2. The molecule has 27 heavy (non-hydrogen) atoms. The maximum atomic E-state index is 12.1. The number of hydrogen-bond donors (Lipinski definition) is 0. The van der Waals surface area contributed by atoms with Crippen molar-refractivity contribution in [2.24, 2.45) is 0 Å². The predicted octanol–water partition coefficient (Wildman–Crippen LogP) is 5.05. The van der Waals surface area contributed by atoms with Crippen LogP contribution in [0, 0.1) is 0 Å². The molecule has 148 valence electrons. The fourth-order valence-corrected chi connectivity index (χ4v) is 2.59. The Morgan fingerprint density at radius 2 is 1.78 bits per heavy atom. The molecule has 0 radical (unpaired) electrons. The Balaban J connectivity index is 1.80. The third-order valence-electron chi connectivity index (χ3n) is 3.84. The molecular weight excluding hydrogens is 342 g/mol. The molecule has 2 rings (SSSR count). The molecule has 5 heteroatoms. The molecule has 0 aliphatic carbocycles. The highest BCUT2D eigenvalue weighted by Gasteiger charge is 2.40. The number of carbonyl (C=O) groups is 2. The number of nitrogens with zero attached hydrogens (tertiary/aromatic N) is 1. The molecule has 1 aliphatic rings. The fourth-order valence-electron chi connectivity index (χ4n) is 2.59. The van der Waals surface area contributed by atoms with Crippen molar-refractivity contribution in [1.29, 1.82) is 0 Å². The predicted molar refractivity (Wildman–Crippen MR) is 107 cm³/mol. The Bertz CT molecular complexity index is 710. The smallest absolute Gasteiger partial charge is 0.410 e. The number of hydrogen-bond acceptors (Lipinski definition) is 4. The first-order chi connectivity index (χ1) is 12.4. The molecule has 1 aromatic rings. The van der Waals surface area contributed by atoms with E-state index < -0.39 is 11.2 Å². The third-order valence-corrected chi connectivity index (χ3v) is 3.84. The summed E-state index contributed by atoms with van der Waals surface area (Å²) in [5, 5.41) is 0. The van der Waals surface area contributed by atoms with Gasteiger partial charge in [-0.2, -0.15) is 0 Å². The minimum Gasteiger partial charge on any atom is -0.456 e. The summed E-state index contributed by atoms with van der Waals surface area (Å²) in [6.45, 7) is 11.9. The van der Waals surface area contributed by atoms with Crippen LogP contribution in [0.4, 0.5) is 4.79 Å². The lowest BCUT2D eigenvalue weighted by molar-refractivity contribution is 0.00691. The van der Waals surface area contributed by atoms with Crippen LogP contribution >= 0.6 is 0 Å². The molecular formula is C22H31NO4. The van der Waals surface area contributed by atoms with Gasteiger partial charge in [0, 0.05) is 6.54 Å². The zero-order valence-corrected chi connectivity index (χ0v) is 17.2. The maximum Gasteiger partial charge on any atom is 0.410 e. The maximum absolute atomic E-state index is 12.1. The van der Waals surface area contributed by atoms with Crippen LogP contribution in [0.5, 0.6) is 0 Å². The molecule has 1 heterocycles. The fraction of sp³-hybridized carbons (Fsp3) is 0.545. The first kappa shape index (κ1) is 21.0. The molecule has 0 saturated carbocycles. The van der Waals surface area contributed by atoms with Gasteiger partial charge in [0.1, 0.15) is 11.2 Å².